The fourth-order valence-corrected chi connectivity index (χ4v) is 5.37. The molecule has 194 valence electrons. The lowest BCUT2D eigenvalue weighted by molar-refractivity contribution is 0.390. The molecule has 10 nitrogen and oxygen atoms in total. The average molecular weight is 523 g/mol. The molecular formula is C26H30N6O4S. The van der Waals surface area contributed by atoms with E-state index < -0.39 is 10.1 Å². The second-order valence-electron chi connectivity index (χ2n) is 8.93. The summed E-state index contributed by atoms with van der Waals surface area (Å²) in [5.41, 5.74) is 3.73. The van der Waals surface area contributed by atoms with Crippen molar-refractivity contribution in [3.05, 3.63) is 60.2 Å². The minimum absolute atomic E-state index is 0.0679. The number of hydrazone groups is 1. The minimum Gasteiger partial charge on any atom is -0.493 e. The van der Waals surface area contributed by atoms with E-state index in [1.807, 2.05) is 6.07 Å². The van der Waals surface area contributed by atoms with E-state index in [0.29, 0.717) is 11.4 Å². The van der Waals surface area contributed by atoms with Gasteiger partial charge in [0.25, 0.3) is 0 Å². The number of methoxy groups -OCH3 is 1. The molecule has 0 radical (unpaired) electrons. The van der Waals surface area contributed by atoms with Crippen molar-refractivity contribution in [2.24, 2.45) is 5.10 Å². The van der Waals surface area contributed by atoms with Gasteiger partial charge in [-0.1, -0.05) is 18.2 Å². The van der Waals surface area contributed by atoms with Gasteiger partial charge in [0, 0.05) is 32.2 Å². The van der Waals surface area contributed by atoms with Crippen LogP contribution in [0.25, 0.3) is 0 Å². The number of benzene rings is 2. The molecule has 2 saturated heterocycles. The molecule has 0 aliphatic carbocycles. The summed E-state index contributed by atoms with van der Waals surface area (Å²) in [6.45, 7) is 3.90. The Labute approximate surface area is 217 Å². The molecule has 0 bridgehead atoms. The summed E-state index contributed by atoms with van der Waals surface area (Å²) in [5.74, 6) is 2.63. The molecule has 2 aliphatic rings. The molecule has 2 aromatic carbocycles. The van der Waals surface area contributed by atoms with Gasteiger partial charge in [-0.05, 0) is 61.6 Å². The van der Waals surface area contributed by atoms with Crippen molar-refractivity contribution in [3.63, 3.8) is 0 Å². The first-order chi connectivity index (χ1) is 18.0. The Kier molecular flexibility index (Phi) is 7.40. The molecule has 0 spiro atoms. The zero-order valence-corrected chi connectivity index (χ0v) is 21.5. The maximum Gasteiger partial charge on any atom is 0.339 e. The predicted molar refractivity (Wildman–Crippen MR) is 143 cm³/mol. The van der Waals surface area contributed by atoms with Crippen LogP contribution in [0.1, 0.15) is 31.2 Å². The fourth-order valence-electron chi connectivity index (χ4n) is 4.41. The van der Waals surface area contributed by atoms with Gasteiger partial charge in [-0.3, -0.25) is 5.43 Å². The highest BCUT2D eigenvalue weighted by molar-refractivity contribution is 7.87. The summed E-state index contributed by atoms with van der Waals surface area (Å²) in [6.07, 6.45) is 6.24. The Morgan fingerprint density at radius 3 is 2.30 bits per heavy atom. The van der Waals surface area contributed by atoms with Crippen LogP contribution in [0.15, 0.2) is 64.6 Å². The normalized spacial score (nSPS) is 15.9. The van der Waals surface area contributed by atoms with E-state index in [4.69, 9.17) is 13.9 Å². The number of ether oxygens (including phenoxy) is 1. The summed E-state index contributed by atoms with van der Waals surface area (Å²) in [7, 11) is -2.53. The summed E-state index contributed by atoms with van der Waals surface area (Å²) < 4.78 is 35.9. The second-order valence-corrected chi connectivity index (χ2v) is 10.5. The number of nitrogens with one attached hydrogen (secondary N) is 1. The third-order valence-electron chi connectivity index (χ3n) is 6.33. The maximum absolute atomic E-state index is 12.6. The molecule has 37 heavy (non-hydrogen) atoms. The van der Waals surface area contributed by atoms with Gasteiger partial charge >= 0.3 is 10.1 Å². The lowest BCUT2D eigenvalue weighted by atomic mass is 10.2. The van der Waals surface area contributed by atoms with Crippen LogP contribution in [0.4, 0.5) is 17.6 Å². The van der Waals surface area contributed by atoms with Gasteiger partial charge in [-0.15, -0.1) is 0 Å². The third kappa shape index (κ3) is 5.93. The molecular weight excluding hydrogens is 492 g/mol. The Morgan fingerprint density at radius 2 is 1.59 bits per heavy atom. The van der Waals surface area contributed by atoms with Crippen LogP contribution >= 0.6 is 0 Å². The standard InChI is InChI=1S/C26H30N6O4S/c1-35-23-17-20(11-12-22(23)36-37(33,34)21-9-3-2-4-10-21)19-27-30-24-18-25(31-13-5-6-14-31)29-26(28-24)32-15-7-8-16-32/h2-4,9-12,17-19H,5-8,13-16H2,1H3,(H,28,29,30). The number of aromatic nitrogens is 2. The van der Waals surface area contributed by atoms with Crippen LogP contribution in [0.5, 0.6) is 11.5 Å². The molecule has 0 saturated carbocycles. The molecule has 2 fully saturated rings. The first kappa shape index (κ1) is 24.8. The first-order valence-electron chi connectivity index (χ1n) is 12.4. The van der Waals surface area contributed by atoms with E-state index in [0.717, 1.165) is 63.6 Å². The highest BCUT2D eigenvalue weighted by Gasteiger charge is 2.21. The monoisotopic (exact) mass is 522 g/mol. The largest absolute Gasteiger partial charge is 0.493 e. The highest BCUT2D eigenvalue weighted by atomic mass is 32.2. The van der Waals surface area contributed by atoms with Gasteiger partial charge in [0.1, 0.15) is 10.7 Å². The van der Waals surface area contributed by atoms with Crippen molar-refractivity contribution < 1.29 is 17.3 Å². The van der Waals surface area contributed by atoms with Crippen LogP contribution in [0, 0.1) is 0 Å². The van der Waals surface area contributed by atoms with Crippen LogP contribution in [-0.2, 0) is 10.1 Å². The lowest BCUT2D eigenvalue weighted by Gasteiger charge is -2.21. The van der Waals surface area contributed by atoms with E-state index in [-0.39, 0.29) is 16.4 Å². The van der Waals surface area contributed by atoms with Crippen molar-refractivity contribution in [3.8, 4) is 11.5 Å². The molecule has 11 heteroatoms. The number of nitrogens with zero attached hydrogens (tertiary/aromatic N) is 5. The van der Waals surface area contributed by atoms with Gasteiger partial charge in [0.15, 0.2) is 17.3 Å². The SMILES string of the molecule is COc1cc(C=NNc2cc(N3CCCC3)nc(N3CCCC3)n2)ccc1OS(=O)(=O)c1ccccc1. The third-order valence-corrected chi connectivity index (χ3v) is 7.58. The molecule has 0 unspecified atom stereocenters. The van der Waals surface area contributed by atoms with Crippen molar-refractivity contribution in [1.82, 2.24) is 9.97 Å². The summed E-state index contributed by atoms with van der Waals surface area (Å²) in [6, 6.07) is 14.8. The number of hydrogen-bond donors (Lipinski definition) is 1. The van der Waals surface area contributed by atoms with Gasteiger partial charge < -0.3 is 18.7 Å². The van der Waals surface area contributed by atoms with Gasteiger partial charge in [-0.2, -0.15) is 23.5 Å². The van der Waals surface area contributed by atoms with Gasteiger partial charge in [-0.25, -0.2) is 0 Å². The summed E-state index contributed by atoms with van der Waals surface area (Å²) in [5, 5.41) is 4.36. The summed E-state index contributed by atoms with van der Waals surface area (Å²) in [4.78, 5) is 14.1. The summed E-state index contributed by atoms with van der Waals surface area (Å²) >= 11 is 0. The second kappa shape index (κ2) is 11.0. The van der Waals surface area contributed by atoms with Crippen LogP contribution in [0.2, 0.25) is 0 Å². The molecule has 1 N–H and O–H groups in total. The average Bonchev–Trinajstić information content (AvgIpc) is 3.65. The van der Waals surface area contributed by atoms with Gasteiger partial charge in [0.05, 0.1) is 13.3 Å². The number of rotatable bonds is 9. The van der Waals surface area contributed by atoms with Crippen LogP contribution in [-0.4, -0.2) is 57.9 Å². The zero-order valence-electron chi connectivity index (χ0n) is 20.7. The Bertz CT molecular complexity index is 1320. The number of anilines is 3. The fraction of sp³-hybridized carbons (Fsp3) is 0.346. The Balaban J connectivity index is 1.32. The molecule has 3 aromatic rings. The molecule has 3 heterocycles. The van der Waals surface area contributed by atoms with Crippen LogP contribution in [0.3, 0.4) is 0 Å². The van der Waals surface area contributed by atoms with Crippen molar-refractivity contribution >= 4 is 33.9 Å². The van der Waals surface area contributed by atoms with Crippen LogP contribution < -0.4 is 24.1 Å². The van der Waals surface area contributed by atoms with E-state index in [2.05, 4.69) is 25.3 Å². The zero-order chi connectivity index (χ0) is 25.7. The molecule has 0 amide bonds. The van der Waals surface area contributed by atoms with E-state index in [9.17, 15) is 8.42 Å². The predicted octanol–water partition coefficient (Wildman–Crippen LogP) is 3.90. The smallest absolute Gasteiger partial charge is 0.339 e. The molecule has 5 rings (SSSR count). The van der Waals surface area contributed by atoms with E-state index >= 15 is 0 Å². The van der Waals surface area contributed by atoms with Gasteiger partial charge in [0.2, 0.25) is 5.95 Å². The molecule has 1 aromatic heterocycles. The quantitative estimate of drug-likeness (QED) is 0.254. The van der Waals surface area contributed by atoms with E-state index in [1.165, 1.54) is 19.2 Å². The van der Waals surface area contributed by atoms with Crippen molar-refractivity contribution in [2.45, 2.75) is 30.6 Å². The molecule has 0 atom stereocenters. The lowest BCUT2D eigenvalue weighted by Crippen LogP contribution is -2.24. The Hall–Kier alpha value is -3.86. The minimum atomic E-state index is -3.98. The van der Waals surface area contributed by atoms with Crippen molar-refractivity contribution in [2.75, 3.05) is 48.5 Å². The molecule has 2 aliphatic heterocycles. The number of hydrogen-bond acceptors (Lipinski definition) is 10. The Morgan fingerprint density at radius 1 is 0.892 bits per heavy atom. The topological polar surface area (TPSA) is 109 Å². The first-order valence-corrected chi connectivity index (χ1v) is 13.8. The van der Waals surface area contributed by atoms with Crippen molar-refractivity contribution in [1.29, 1.82) is 0 Å². The maximum atomic E-state index is 12.6. The van der Waals surface area contributed by atoms with E-state index in [1.54, 1.807) is 42.6 Å². The highest BCUT2D eigenvalue weighted by Crippen LogP contribution is 2.30.